The zero-order chi connectivity index (χ0) is 18.7. The molecule has 1 amide bonds. The van der Waals surface area contributed by atoms with Gasteiger partial charge in [-0.2, -0.15) is 0 Å². The largest absolute Gasteiger partial charge is 0.347 e. The van der Waals surface area contributed by atoms with Crippen LogP contribution < -0.4 is 0 Å². The van der Waals surface area contributed by atoms with Crippen LogP contribution in [0, 0.1) is 5.92 Å². The fourth-order valence-corrected chi connectivity index (χ4v) is 4.77. The predicted molar refractivity (Wildman–Crippen MR) is 105 cm³/mol. The quantitative estimate of drug-likeness (QED) is 0.791. The van der Waals surface area contributed by atoms with Gasteiger partial charge in [-0.15, -0.1) is 0 Å². The topological polar surface area (TPSA) is 42.0 Å². The van der Waals surface area contributed by atoms with Crippen LogP contribution in [-0.4, -0.2) is 60.9 Å². The molecule has 3 aliphatic rings. The number of hydrogen-bond donors (Lipinski definition) is 0. The lowest BCUT2D eigenvalue weighted by Gasteiger charge is -2.43. The Morgan fingerprint density at radius 2 is 1.85 bits per heavy atom. The van der Waals surface area contributed by atoms with Crippen molar-refractivity contribution >= 4 is 17.5 Å². The van der Waals surface area contributed by atoms with Gasteiger partial charge < -0.3 is 14.4 Å². The average Bonchev–Trinajstić information content (AvgIpc) is 3.15. The monoisotopic (exact) mass is 392 g/mol. The van der Waals surface area contributed by atoms with Crippen LogP contribution in [0.2, 0.25) is 5.02 Å². The summed E-state index contributed by atoms with van der Waals surface area (Å²) >= 11 is 6.36. The SMILES string of the molecule is O=C(C1CCCC1)N1CCOC2(CN(Cc3ccccc3Cl)CCCO2)C1. The molecule has 1 aromatic rings. The molecule has 3 fully saturated rings. The molecule has 27 heavy (non-hydrogen) atoms. The Kier molecular flexibility index (Phi) is 6.02. The second-order valence-corrected chi connectivity index (χ2v) is 8.41. The Labute approximate surface area is 166 Å². The summed E-state index contributed by atoms with van der Waals surface area (Å²) in [5.41, 5.74) is 1.12. The lowest BCUT2D eigenvalue weighted by atomic mass is 10.1. The standard InChI is InChI=1S/C21H29ClN2O3/c22-19-9-4-3-8-18(19)14-23-10-5-12-26-21(15-23)16-24(11-13-27-21)20(25)17-6-1-2-7-17/h3-4,8-9,17H,1-2,5-7,10-16H2. The molecule has 2 saturated heterocycles. The average molecular weight is 393 g/mol. The molecule has 4 rings (SSSR count). The van der Waals surface area contributed by atoms with Gasteiger partial charge in [0.25, 0.3) is 0 Å². The first kappa shape index (κ1) is 19.2. The predicted octanol–water partition coefficient (Wildman–Crippen LogP) is 3.31. The molecule has 1 unspecified atom stereocenters. The molecule has 0 aromatic heterocycles. The summed E-state index contributed by atoms with van der Waals surface area (Å²) in [5, 5.41) is 0.791. The first-order valence-electron chi connectivity index (χ1n) is 10.2. The highest BCUT2D eigenvalue weighted by Crippen LogP contribution is 2.30. The van der Waals surface area contributed by atoms with E-state index in [1.807, 2.05) is 23.1 Å². The van der Waals surface area contributed by atoms with E-state index >= 15 is 0 Å². The molecule has 2 heterocycles. The molecule has 0 radical (unpaired) electrons. The van der Waals surface area contributed by atoms with Gasteiger partial charge in [-0.05, 0) is 30.9 Å². The Bertz CT molecular complexity index is 665. The number of carbonyl (C=O) groups is 1. The molecule has 0 N–H and O–H groups in total. The number of morpholine rings is 1. The van der Waals surface area contributed by atoms with Crippen LogP contribution in [0.5, 0.6) is 0 Å². The van der Waals surface area contributed by atoms with Crippen molar-refractivity contribution in [1.29, 1.82) is 0 Å². The minimum absolute atomic E-state index is 0.199. The summed E-state index contributed by atoms with van der Waals surface area (Å²) in [6.07, 6.45) is 5.36. The minimum atomic E-state index is -0.718. The lowest BCUT2D eigenvalue weighted by Crippen LogP contribution is -2.59. The van der Waals surface area contributed by atoms with Crippen LogP contribution in [0.3, 0.4) is 0 Å². The number of hydrogen-bond acceptors (Lipinski definition) is 4. The van der Waals surface area contributed by atoms with Gasteiger partial charge in [0.15, 0.2) is 5.79 Å². The number of nitrogens with zero attached hydrogens (tertiary/aromatic N) is 2. The maximum Gasteiger partial charge on any atom is 0.225 e. The molecule has 148 valence electrons. The van der Waals surface area contributed by atoms with Crippen LogP contribution in [0.4, 0.5) is 0 Å². The van der Waals surface area contributed by atoms with Crippen LogP contribution in [0.15, 0.2) is 24.3 Å². The molecule has 1 spiro atoms. The van der Waals surface area contributed by atoms with Crippen LogP contribution in [0.25, 0.3) is 0 Å². The van der Waals surface area contributed by atoms with Crippen molar-refractivity contribution < 1.29 is 14.3 Å². The Balaban J connectivity index is 1.45. The highest BCUT2D eigenvalue weighted by atomic mass is 35.5. The summed E-state index contributed by atoms with van der Waals surface area (Å²) in [6, 6.07) is 7.97. The molecule has 2 aliphatic heterocycles. The lowest BCUT2D eigenvalue weighted by molar-refractivity contribution is -0.265. The van der Waals surface area contributed by atoms with Gasteiger partial charge in [-0.1, -0.05) is 42.6 Å². The fourth-order valence-electron chi connectivity index (χ4n) is 4.57. The summed E-state index contributed by atoms with van der Waals surface area (Å²) in [5.74, 6) is -0.226. The third kappa shape index (κ3) is 4.48. The molecule has 1 saturated carbocycles. The second-order valence-electron chi connectivity index (χ2n) is 8.00. The van der Waals surface area contributed by atoms with Crippen molar-refractivity contribution in [1.82, 2.24) is 9.80 Å². The zero-order valence-electron chi connectivity index (χ0n) is 15.9. The summed E-state index contributed by atoms with van der Waals surface area (Å²) in [7, 11) is 0. The number of amides is 1. The Hall–Kier alpha value is -1.14. The number of rotatable bonds is 3. The third-order valence-electron chi connectivity index (χ3n) is 5.97. The third-order valence-corrected chi connectivity index (χ3v) is 6.34. The van der Waals surface area contributed by atoms with Crippen molar-refractivity contribution in [3.8, 4) is 0 Å². The highest BCUT2D eigenvalue weighted by molar-refractivity contribution is 6.31. The number of carbonyl (C=O) groups excluding carboxylic acids is 1. The Morgan fingerprint density at radius 3 is 2.67 bits per heavy atom. The maximum absolute atomic E-state index is 12.9. The fraction of sp³-hybridized carbons (Fsp3) is 0.667. The second kappa shape index (κ2) is 8.48. The van der Waals surface area contributed by atoms with Crippen molar-refractivity contribution in [3.63, 3.8) is 0 Å². The van der Waals surface area contributed by atoms with E-state index in [9.17, 15) is 4.79 Å². The van der Waals surface area contributed by atoms with E-state index in [1.54, 1.807) is 0 Å². The molecule has 5 nitrogen and oxygen atoms in total. The van der Waals surface area contributed by atoms with Gasteiger partial charge in [0, 0.05) is 30.6 Å². The van der Waals surface area contributed by atoms with Gasteiger partial charge in [-0.25, -0.2) is 0 Å². The molecule has 1 aromatic carbocycles. The summed E-state index contributed by atoms with van der Waals surface area (Å²) in [6.45, 7) is 4.76. The van der Waals surface area contributed by atoms with Gasteiger partial charge in [0.1, 0.15) is 0 Å². The van der Waals surface area contributed by atoms with Crippen molar-refractivity contribution in [3.05, 3.63) is 34.9 Å². The molecule has 1 atom stereocenters. The van der Waals surface area contributed by atoms with E-state index in [2.05, 4.69) is 11.0 Å². The van der Waals surface area contributed by atoms with Gasteiger partial charge in [-0.3, -0.25) is 9.69 Å². The zero-order valence-corrected chi connectivity index (χ0v) is 16.6. The molecule has 1 aliphatic carbocycles. The maximum atomic E-state index is 12.9. The van der Waals surface area contributed by atoms with Gasteiger partial charge in [0.2, 0.25) is 5.91 Å². The molecule has 0 bridgehead atoms. The number of benzene rings is 1. The summed E-state index contributed by atoms with van der Waals surface area (Å²) in [4.78, 5) is 17.2. The van der Waals surface area contributed by atoms with Crippen LogP contribution in [0.1, 0.15) is 37.7 Å². The first-order chi connectivity index (χ1) is 13.2. The van der Waals surface area contributed by atoms with Gasteiger partial charge >= 0.3 is 0 Å². The van der Waals surface area contributed by atoms with Crippen molar-refractivity contribution in [2.24, 2.45) is 5.92 Å². The summed E-state index contributed by atoms with van der Waals surface area (Å²) < 4.78 is 12.3. The normalized spacial score (nSPS) is 27.8. The smallest absolute Gasteiger partial charge is 0.225 e. The van der Waals surface area contributed by atoms with E-state index in [0.717, 1.165) is 42.9 Å². The Morgan fingerprint density at radius 1 is 1.07 bits per heavy atom. The molecule has 6 heteroatoms. The van der Waals surface area contributed by atoms with Crippen LogP contribution >= 0.6 is 11.6 Å². The minimum Gasteiger partial charge on any atom is -0.347 e. The van der Waals surface area contributed by atoms with E-state index in [4.69, 9.17) is 21.1 Å². The first-order valence-corrected chi connectivity index (χ1v) is 10.6. The molecular formula is C21H29ClN2O3. The van der Waals surface area contributed by atoms with Crippen molar-refractivity contribution in [2.45, 2.75) is 44.4 Å². The van der Waals surface area contributed by atoms with Crippen molar-refractivity contribution in [2.75, 3.05) is 39.4 Å². The van der Waals surface area contributed by atoms with E-state index in [0.29, 0.717) is 38.8 Å². The highest BCUT2D eigenvalue weighted by Gasteiger charge is 2.43. The van der Waals surface area contributed by atoms with Crippen LogP contribution in [-0.2, 0) is 20.8 Å². The van der Waals surface area contributed by atoms with Gasteiger partial charge in [0.05, 0.1) is 26.3 Å². The van der Waals surface area contributed by atoms with E-state index in [1.165, 1.54) is 12.8 Å². The van der Waals surface area contributed by atoms with E-state index in [-0.39, 0.29) is 5.92 Å². The number of halogens is 1. The molecular weight excluding hydrogens is 364 g/mol. The number of ether oxygens (including phenoxy) is 2. The van der Waals surface area contributed by atoms with E-state index < -0.39 is 5.79 Å².